The van der Waals surface area contributed by atoms with E-state index in [1.54, 1.807) is 5.57 Å². The van der Waals surface area contributed by atoms with Crippen LogP contribution in [0.25, 0.3) is 0 Å². The maximum Gasteiger partial charge on any atom is 0.0810 e. The van der Waals surface area contributed by atoms with Crippen LogP contribution in [-0.4, -0.2) is 25.8 Å². The van der Waals surface area contributed by atoms with Gasteiger partial charge in [-0.25, -0.2) is 0 Å². The van der Waals surface area contributed by atoms with Crippen molar-refractivity contribution >= 4 is 0 Å². The molecule has 19 heavy (non-hydrogen) atoms. The molecular formula is C17H33NO. The van der Waals surface area contributed by atoms with Crippen LogP contribution >= 0.6 is 0 Å². The van der Waals surface area contributed by atoms with E-state index < -0.39 is 0 Å². The summed E-state index contributed by atoms with van der Waals surface area (Å²) in [6, 6.07) is 0.378. The SMILES string of the molecule is CCCNC(C1=CCCCCC1)C(OC)C(C)(C)C. The number of hydrogen-bond donors (Lipinski definition) is 1. The van der Waals surface area contributed by atoms with Crippen LogP contribution in [0.4, 0.5) is 0 Å². The van der Waals surface area contributed by atoms with E-state index in [1.807, 2.05) is 7.11 Å². The molecule has 0 spiro atoms. The molecule has 0 saturated heterocycles. The van der Waals surface area contributed by atoms with Crippen molar-refractivity contribution in [1.29, 1.82) is 0 Å². The highest BCUT2D eigenvalue weighted by Crippen LogP contribution is 2.31. The zero-order valence-corrected chi connectivity index (χ0v) is 13.6. The second kappa shape index (κ2) is 8.06. The molecule has 1 rings (SSSR count). The normalized spacial score (nSPS) is 20.6. The number of rotatable bonds is 6. The average molecular weight is 267 g/mol. The lowest BCUT2D eigenvalue weighted by molar-refractivity contribution is -0.00308. The molecule has 2 unspecified atom stereocenters. The summed E-state index contributed by atoms with van der Waals surface area (Å²) in [5.41, 5.74) is 1.74. The Labute approximate surface area is 120 Å². The van der Waals surface area contributed by atoms with Gasteiger partial charge in [-0.3, -0.25) is 0 Å². The number of allylic oxidation sites excluding steroid dienone is 1. The first-order valence-corrected chi connectivity index (χ1v) is 7.95. The summed E-state index contributed by atoms with van der Waals surface area (Å²) in [5.74, 6) is 0. The topological polar surface area (TPSA) is 21.3 Å². The van der Waals surface area contributed by atoms with E-state index in [9.17, 15) is 0 Å². The van der Waals surface area contributed by atoms with E-state index in [-0.39, 0.29) is 11.5 Å². The minimum Gasteiger partial charge on any atom is -0.379 e. The van der Waals surface area contributed by atoms with Crippen molar-refractivity contribution in [2.24, 2.45) is 5.41 Å². The molecule has 0 fully saturated rings. The van der Waals surface area contributed by atoms with Crippen LogP contribution in [0.5, 0.6) is 0 Å². The average Bonchev–Trinajstić information content (AvgIpc) is 2.61. The van der Waals surface area contributed by atoms with Gasteiger partial charge in [0.2, 0.25) is 0 Å². The van der Waals surface area contributed by atoms with E-state index in [0.717, 1.165) is 6.54 Å². The first-order chi connectivity index (χ1) is 9.00. The van der Waals surface area contributed by atoms with E-state index >= 15 is 0 Å². The molecular weight excluding hydrogens is 234 g/mol. The molecule has 1 aliphatic rings. The highest BCUT2D eigenvalue weighted by atomic mass is 16.5. The lowest BCUT2D eigenvalue weighted by Crippen LogP contribution is -2.49. The van der Waals surface area contributed by atoms with Crippen LogP contribution in [0, 0.1) is 5.41 Å². The van der Waals surface area contributed by atoms with Crippen LogP contribution < -0.4 is 5.32 Å². The van der Waals surface area contributed by atoms with Crippen LogP contribution in [0.15, 0.2) is 11.6 Å². The van der Waals surface area contributed by atoms with Crippen molar-refractivity contribution in [1.82, 2.24) is 5.32 Å². The lowest BCUT2D eigenvalue weighted by atomic mass is 9.80. The molecule has 0 radical (unpaired) electrons. The highest BCUT2D eigenvalue weighted by Gasteiger charge is 2.34. The summed E-state index contributed by atoms with van der Waals surface area (Å²) < 4.78 is 5.86. The zero-order chi connectivity index (χ0) is 14.3. The van der Waals surface area contributed by atoms with Crippen LogP contribution in [-0.2, 0) is 4.74 Å². The minimum atomic E-state index is 0.160. The summed E-state index contributed by atoms with van der Waals surface area (Å²) in [6.45, 7) is 10.1. The molecule has 0 aromatic carbocycles. The van der Waals surface area contributed by atoms with Crippen LogP contribution in [0.1, 0.15) is 66.2 Å². The highest BCUT2D eigenvalue weighted by molar-refractivity contribution is 5.16. The predicted molar refractivity (Wildman–Crippen MR) is 83.5 cm³/mol. The van der Waals surface area contributed by atoms with Gasteiger partial charge in [-0.2, -0.15) is 0 Å². The van der Waals surface area contributed by atoms with E-state index in [2.05, 4.69) is 39.1 Å². The second-order valence-corrected chi connectivity index (χ2v) is 6.83. The Hall–Kier alpha value is -0.340. The molecule has 0 aliphatic heterocycles. The Balaban J connectivity index is 2.88. The Bertz CT molecular complexity index is 277. The van der Waals surface area contributed by atoms with E-state index in [4.69, 9.17) is 4.74 Å². The molecule has 0 saturated carbocycles. The fourth-order valence-corrected chi connectivity index (χ4v) is 3.04. The van der Waals surface area contributed by atoms with Crippen LogP contribution in [0.2, 0.25) is 0 Å². The zero-order valence-electron chi connectivity index (χ0n) is 13.6. The quantitative estimate of drug-likeness (QED) is 0.724. The van der Waals surface area contributed by atoms with Gasteiger partial charge < -0.3 is 10.1 Å². The van der Waals surface area contributed by atoms with Gasteiger partial charge in [0.15, 0.2) is 0 Å². The van der Waals surface area contributed by atoms with Gasteiger partial charge in [-0.05, 0) is 44.1 Å². The smallest absolute Gasteiger partial charge is 0.0810 e. The summed E-state index contributed by atoms with van der Waals surface area (Å²) >= 11 is 0. The third-order valence-corrected chi connectivity index (χ3v) is 4.00. The number of ether oxygens (including phenoxy) is 1. The molecule has 2 nitrogen and oxygen atoms in total. The van der Waals surface area contributed by atoms with Crippen molar-refractivity contribution in [3.8, 4) is 0 Å². The molecule has 1 aliphatic carbocycles. The lowest BCUT2D eigenvalue weighted by Gasteiger charge is -2.38. The molecule has 2 atom stereocenters. The largest absolute Gasteiger partial charge is 0.379 e. The summed E-state index contributed by atoms with van der Waals surface area (Å²) in [5, 5.41) is 3.73. The fourth-order valence-electron chi connectivity index (χ4n) is 3.04. The van der Waals surface area contributed by atoms with Gasteiger partial charge in [0.1, 0.15) is 0 Å². The Kier molecular flexibility index (Phi) is 7.09. The molecule has 0 amide bonds. The minimum absolute atomic E-state index is 0.160. The Morgan fingerprint density at radius 3 is 2.58 bits per heavy atom. The van der Waals surface area contributed by atoms with Crippen molar-refractivity contribution in [3.63, 3.8) is 0 Å². The van der Waals surface area contributed by atoms with Crippen molar-refractivity contribution in [3.05, 3.63) is 11.6 Å². The maximum absolute atomic E-state index is 5.86. The summed E-state index contributed by atoms with van der Waals surface area (Å²) in [4.78, 5) is 0. The molecule has 2 heteroatoms. The van der Waals surface area contributed by atoms with Gasteiger partial charge in [-0.15, -0.1) is 0 Å². The molecule has 0 aromatic heterocycles. The monoisotopic (exact) mass is 267 g/mol. The van der Waals surface area contributed by atoms with E-state index in [1.165, 1.54) is 38.5 Å². The van der Waals surface area contributed by atoms with Gasteiger partial charge in [-0.1, -0.05) is 45.8 Å². The summed E-state index contributed by atoms with van der Waals surface area (Å²) in [6.07, 6.45) is 10.4. The Morgan fingerprint density at radius 2 is 2.00 bits per heavy atom. The first kappa shape index (κ1) is 16.7. The third-order valence-electron chi connectivity index (χ3n) is 4.00. The van der Waals surface area contributed by atoms with Gasteiger partial charge in [0.05, 0.1) is 12.1 Å². The molecule has 1 N–H and O–H groups in total. The molecule has 112 valence electrons. The fraction of sp³-hybridized carbons (Fsp3) is 0.882. The predicted octanol–water partition coefficient (Wildman–Crippen LogP) is 4.31. The molecule has 0 bridgehead atoms. The van der Waals surface area contributed by atoms with Gasteiger partial charge in [0.25, 0.3) is 0 Å². The van der Waals surface area contributed by atoms with Crippen molar-refractivity contribution < 1.29 is 4.74 Å². The Morgan fingerprint density at radius 1 is 1.26 bits per heavy atom. The van der Waals surface area contributed by atoms with E-state index in [0.29, 0.717) is 6.04 Å². The van der Waals surface area contributed by atoms with Crippen molar-refractivity contribution in [2.45, 2.75) is 78.4 Å². The maximum atomic E-state index is 5.86. The summed E-state index contributed by atoms with van der Waals surface area (Å²) in [7, 11) is 1.85. The first-order valence-electron chi connectivity index (χ1n) is 7.95. The number of methoxy groups -OCH3 is 1. The molecule has 0 heterocycles. The standard InChI is InChI=1S/C17H33NO/c1-6-13-18-15(16(19-5)17(2,3)4)14-11-9-7-8-10-12-14/h11,15-16,18H,6-10,12-13H2,1-5H3. The number of nitrogens with one attached hydrogen (secondary N) is 1. The van der Waals surface area contributed by atoms with Crippen molar-refractivity contribution in [2.75, 3.05) is 13.7 Å². The molecule has 0 aromatic rings. The van der Waals surface area contributed by atoms with Gasteiger partial charge in [0, 0.05) is 7.11 Å². The van der Waals surface area contributed by atoms with Crippen LogP contribution in [0.3, 0.4) is 0 Å². The second-order valence-electron chi connectivity index (χ2n) is 6.83. The number of hydrogen-bond acceptors (Lipinski definition) is 2. The third kappa shape index (κ3) is 5.27. The van der Waals surface area contributed by atoms with Gasteiger partial charge >= 0.3 is 0 Å².